The summed E-state index contributed by atoms with van der Waals surface area (Å²) in [5.74, 6) is -1.79. The molecule has 0 saturated carbocycles. The van der Waals surface area contributed by atoms with Crippen LogP contribution < -0.4 is 9.47 Å². The lowest BCUT2D eigenvalue weighted by Crippen LogP contribution is -2.34. The third kappa shape index (κ3) is 5.63. The molecule has 1 amide bonds. The number of piperidine rings is 1. The van der Waals surface area contributed by atoms with Gasteiger partial charge in [-0.3, -0.25) is 14.4 Å². The molecule has 1 saturated heterocycles. The van der Waals surface area contributed by atoms with E-state index in [1.807, 2.05) is 35.3 Å². The van der Waals surface area contributed by atoms with E-state index >= 15 is 0 Å². The van der Waals surface area contributed by atoms with Gasteiger partial charge in [0.1, 0.15) is 23.0 Å². The minimum Gasteiger partial charge on any atom is -0.507 e. The number of hydrogen-bond acceptors (Lipinski definition) is 9. The fourth-order valence-electron chi connectivity index (χ4n) is 5.27. The molecule has 0 atom stereocenters. The van der Waals surface area contributed by atoms with Gasteiger partial charge in [-0.2, -0.15) is 0 Å². The average Bonchev–Trinajstić information content (AvgIpc) is 3.46. The maximum absolute atomic E-state index is 12.6. The topological polar surface area (TPSA) is 154 Å². The number of aryl methyl sites for hydroxylation is 2. The van der Waals surface area contributed by atoms with Gasteiger partial charge in [0, 0.05) is 19.2 Å². The molecule has 3 aromatic rings. The summed E-state index contributed by atoms with van der Waals surface area (Å²) in [5.41, 5.74) is -0.0217. The van der Waals surface area contributed by atoms with Crippen LogP contribution in [0.4, 0.5) is 0 Å². The van der Waals surface area contributed by atoms with Crippen molar-refractivity contribution in [3.05, 3.63) is 87.5 Å². The third-order valence-corrected chi connectivity index (χ3v) is 7.55. The predicted molar refractivity (Wildman–Crippen MR) is 157 cm³/mol. The van der Waals surface area contributed by atoms with Crippen LogP contribution in [0.5, 0.6) is 34.5 Å². The molecule has 2 heterocycles. The van der Waals surface area contributed by atoms with Gasteiger partial charge in [-0.15, -0.1) is 0 Å². The zero-order valence-corrected chi connectivity index (χ0v) is 23.7. The number of allylic oxidation sites excluding steroid dienone is 2. The minimum atomic E-state index is -0.825. The van der Waals surface area contributed by atoms with Crippen molar-refractivity contribution in [1.29, 1.82) is 0 Å². The molecule has 222 valence electrons. The Morgan fingerprint density at radius 2 is 1.30 bits per heavy atom. The Hall–Kier alpha value is -5.25. The first kappa shape index (κ1) is 29.2. The van der Waals surface area contributed by atoms with Crippen LogP contribution in [0.25, 0.3) is 6.08 Å². The van der Waals surface area contributed by atoms with Gasteiger partial charge < -0.3 is 34.8 Å². The van der Waals surface area contributed by atoms with Gasteiger partial charge in [0.05, 0.1) is 22.3 Å². The smallest absolute Gasteiger partial charge is 0.246 e. The molecular formula is C33H31NO9. The minimum absolute atomic E-state index is 0.102. The first-order valence-corrected chi connectivity index (χ1v) is 13.8. The number of fused-ring (bicyclic) bond motifs is 3. The Morgan fingerprint density at radius 3 is 1.88 bits per heavy atom. The molecule has 3 aliphatic rings. The SMILES string of the molecule is Cc1cc(O)c2c(c1O)C(=O)c1c(O)cc(C)c(O)c1C2=O.O=C(C=CC=Cc1ccc2c(c1)OCO2)N1CCCCC1. The molecule has 0 bridgehead atoms. The van der Waals surface area contributed by atoms with Crippen LogP contribution in [0.3, 0.4) is 0 Å². The highest BCUT2D eigenvalue weighted by Gasteiger charge is 2.39. The quantitative estimate of drug-likeness (QED) is 0.149. The van der Waals surface area contributed by atoms with E-state index in [4.69, 9.17) is 9.47 Å². The zero-order valence-electron chi connectivity index (χ0n) is 23.7. The molecule has 6 rings (SSSR count). The van der Waals surface area contributed by atoms with Crippen LogP contribution >= 0.6 is 0 Å². The summed E-state index contributed by atoms with van der Waals surface area (Å²) in [6.07, 6.45) is 10.7. The number of ether oxygens (including phenoxy) is 2. The first-order chi connectivity index (χ1) is 20.6. The number of aromatic hydroxyl groups is 4. The standard InChI is InChI=1S/C17H19NO3.C16H12O6/c19-17(18-10-4-1-5-11-18)7-3-2-6-14-8-9-15-16(12-14)21-13-20-15;1-5-3-7(17)9-11(13(5)19)15(21)10-8(18)4-6(2)14(20)12(10)16(9)22/h2-3,6-9,12H,1,4-5,10-11,13H2;3-4,17-20H,1-2H3. The van der Waals surface area contributed by atoms with Crippen LogP contribution in [-0.2, 0) is 4.79 Å². The van der Waals surface area contributed by atoms with Crippen molar-refractivity contribution >= 4 is 23.5 Å². The van der Waals surface area contributed by atoms with E-state index in [-0.39, 0.29) is 46.1 Å². The number of rotatable bonds is 3. The van der Waals surface area contributed by atoms with E-state index in [0.717, 1.165) is 55.1 Å². The molecule has 43 heavy (non-hydrogen) atoms. The Balaban J connectivity index is 0.000000171. The summed E-state index contributed by atoms with van der Waals surface area (Å²) < 4.78 is 10.6. The highest BCUT2D eigenvalue weighted by Crippen LogP contribution is 2.45. The zero-order chi connectivity index (χ0) is 30.8. The summed E-state index contributed by atoms with van der Waals surface area (Å²) in [4.78, 5) is 39.0. The summed E-state index contributed by atoms with van der Waals surface area (Å²) >= 11 is 0. The highest BCUT2D eigenvalue weighted by atomic mass is 16.7. The third-order valence-electron chi connectivity index (χ3n) is 7.55. The molecule has 1 fully saturated rings. The molecule has 4 N–H and O–H groups in total. The van der Waals surface area contributed by atoms with E-state index in [1.54, 1.807) is 12.2 Å². The van der Waals surface area contributed by atoms with Crippen molar-refractivity contribution in [2.24, 2.45) is 0 Å². The second kappa shape index (κ2) is 11.9. The van der Waals surface area contributed by atoms with Crippen molar-refractivity contribution in [2.45, 2.75) is 33.1 Å². The molecule has 0 spiro atoms. The number of hydrogen-bond donors (Lipinski definition) is 4. The maximum Gasteiger partial charge on any atom is 0.246 e. The molecule has 0 aromatic heterocycles. The van der Waals surface area contributed by atoms with Crippen LogP contribution in [-0.4, -0.2) is 62.7 Å². The molecule has 3 aromatic carbocycles. The van der Waals surface area contributed by atoms with E-state index in [9.17, 15) is 34.8 Å². The van der Waals surface area contributed by atoms with Gasteiger partial charge in [0.15, 0.2) is 11.5 Å². The predicted octanol–water partition coefficient (Wildman–Crippen LogP) is 4.90. The van der Waals surface area contributed by atoms with E-state index in [2.05, 4.69) is 0 Å². The van der Waals surface area contributed by atoms with Gasteiger partial charge >= 0.3 is 0 Å². The number of benzene rings is 3. The number of carbonyl (C=O) groups is 3. The fourth-order valence-corrected chi connectivity index (χ4v) is 5.27. The van der Waals surface area contributed by atoms with E-state index < -0.39 is 34.6 Å². The number of carbonyl (C=O) groups excluding carboxylic acids is 3. The first-order valence-electron chi connectivity index (χ1n) is 13.8. The Morgan fingerprint density at radius 1 is 0.744 bits per heavy atom. The number of nitrogens with zero attached hydrogens (tertiary/aromatic N) is 1. The van der Waals surface area contributed by atoms with Crippen LogP contribution in [0.2, 0.25) is 0 Å². The van der Waals surface area contributed by atoms with Gasteiger partial charge in [-0.1, -0.05) is 24.3 Å². The lowest BCUT2D eigenvalue weighted by Gasteiger charge is -2.25. The van der Waals surface area contributed by atoms with Gasteiger partial charge in [0.2, 0.25) is 24.3 Å². The second-order valence-electron chi connectivity index (χ2n) is 10.5. The summed E-state index contributed by atoms with van der Waals surface area (Å²) in [5, 5.41) is 40.1. The molecule has 10 heteroatoms. The number of phenolic OH excluding ortho intramolecular Hbond substituents is 4. The Labute approximate surface area is 247 Å². The Bertz CT molecular complexity index is 1620. The second-order valence-corrected chi connectivity index (χ2v) is 10.5. The molecule has 2 aliphatic heterocycles. The molecule has 0 radical (unpaired) electrons. The maximum atomic E-state index is 12.6. The highest BCUT2D eigenvalue weighted by molar-refractivity contribution is 6.32. The monoisotopic (exact) mass is 585 g/mol. The number of ketones is 2. The van der Waals surface area contributed by atoms with Crippen LogP contribution in [0, 0.1) is 13.8 Å². The molecular weight excluding hydrogens is 554 g/mol. The lowest BCUT2D eigenvalue weighted by atomic mass is 9.80. The van der Waals surface area contributed by atoms with Crippen LogP contribution in [0.15, 0.2) is 48.6 Å². The fraction of sp³-hybridized carbons (Fsp3) is 0.242. The number of likely N-dealkylation sites (tertiary alicyclic amines) is 1. The summed E-state index contributed by atoms with van der Waals surface area (Å²) in [6.45, 7) is 4.99. The number of phenols is 4. The molecule has 10 nitrogen and oxygen atoms in total. The summed E-state index contributed by atoms with van der Waals surface area (Å²) in [6, 6.07) is 8.11. The average molecular weight is 586 g/mol. The van der Waals surface area contributed by atoms with E-state index in [0.29, 0.717) is 0 Å². The normalized spacial score (nSPS) is 15.3. The lowest BCUT2D eigenvalue weighted by molar-refractivity contribution is -0.126. The molecule has 0 unspecified atom stereocenters. The van der Waals surface area contributed by atoms with Gasteiger partial charge in [-0.25, -0.2) is 0 Å². The molecule has 1 aliphatic carbocycles. The largest absolute Gasteiger partial charge is 0.507 e. The van der Waals surface area contributed by atoms with Gasteiger partial charge in [0.25, 0.3) is 0 Å². The Kier molecular flexibility index (Phi) is 8.11. The number of amides is 1. The van der Waals surface area contributed by atoms with E-state index in [1.165, 1.54) is 20.3 Å². The summed E-state index contributed by atoms with van der Waals surface area (Å²) in [7, 11) is 0. The van der Waals surface area contributed by atoms with Gasteiger partial charge in [-0.05, 0) is 74.1 Å². The van der Waals surface area contributed by atoms with Crippen molar-refractivity contribution in [2.75, 3.05) is 19.9 Å². The van der Waals surface area contributed by atoms with Crippen molar-refractivity contribution < 1.29 is 44.3 Å². The van der Waals surface area contributed by atoms with Crippen molar-refractivity contribution in [3.8, 4) is 34.5 Å². The van der Waals surface area contributed by atoms with Crippen molar-refractivity contribution in [3.63, 3.8) is 0 Å². The van der Waals surface area contributed by atoms with Crippen LogP contribution in [0.1, 0.15) is 67.8 Å². The van der Waals surface area contributed by atoms with Crippen molar-refractivity contribution in [1.82, 2.24) is 4.90 Å².